The Morgan fingerprint density at radius 2 is 2.06 bits per heavy atom. The van der Waals surface area contributed by atoms with Gasteiger partial charge >= 0.3 is 5.97 Å². The molecule has 1 rings (SSSR count). The Morgan fingerprint density at radius 1 is 1.38 bits per heavy atom. The van der Waals surface area contributed by atoms with Crippen LogP contribution in [0.1, 0.15) is 16.1 Å². The van der Waals surface area contributed by atoms with Gasteiger partial charge in [0, 0.05) is 6.20 Å². The summed E-state index contributed by atoms with van der Waals surface area (Å²) < 4.78 is 4.58. The summed E-state index contributed by atoms with van der Waals surface area (Å²) in [6.07, 6.45) is 1.49. The largest absolute Gasteiger partial charge is 0.465 e. The first-order chi connectivity index (χ1) is 7.42. The number of rotatable bonds is 1. The van der Waals surface area contributed by atoms with E-state index in [0.29, 0.717) is 11.3 Å². The van der Waals surface area contributed by atoms with E-state index in [9.17, 15) is 4.79 Å². The van der Waals surface area contributed by atoms with Crippen LogP contribution in [0.25, 0.3) is 0 Å². The van der Waals surface area contributed by atoms with Gasteiger partial charge in [0.1, 0.15) is 13.8 Å². The number of aromatic nitrogens is 1. The third-order valence-electron chi connectivity index (χ3n) is 1.75. The summed E-state index contributed by atoms with van der Waals surface area (Å²) in [5, 5.41) is 0. The van der Waals surface area contributed by atoms with Crippen molar-refractivity contribution in [2.24, 2.45) is 0 Å². The van der Waals surface area contributed by atoms with Crippen molar-refractivity contribution >= 4 is 14.0 Å². The van der Waals surface area contributed by atoms with E-state index in [-0.39, 0.29) is 5.97 Å². The van der Waals surface area contributed by atoms with Crippen molar-refractivity contribution in [3.63, 3.8) is 0 Å². The molecule has 1 aromatic rings. The molecule has 0 aromatic carbocycles. The van der Waals surface area contributed by atoms with Gasteiger partial charge in [-0.25, -0.2) is 9.78 Å². The minimum Gasteiger partial charge on any atom is -0.465 e. The van der Waals surface area contributed by atoms with Crippen molar-refractivity contribution in [3.05, 3.63) is 29.6 Å². The number of carbonyl (C=O) groups excluding carboxylic acids is 1. The zero-order valence-corrected chi connectivity index (χ0v) is 11.0. The van der Waals surface area contributed by atoms with Gasteiger partial charge in [0.25, 0.3) is 0 Å². The molecule has 0 saturated carbocycles. The molecule has 0 fully saturated rings. The van der Waals surface area contributed by atoms with E-state index in [4.69, 9.17) is 0 Å². The average Bonchev–Trinajstić information content (AvgIpc) is 2.25. The summed E-state index contributed by atoms with van der Waals surface area (Å²) in [5.74, 6) is 2.64. The molecule has 0 atom stereocenters. The number of esters is 1. The lowest BCUT2D eigenvalue weighted by molar-refractivity contribution is 0.0600. The van der Waals surface area contributed by atoms with Crippen molar-refractivity contribution in [3.8, 4) is 11.5 Å². The van der Waals surface area contributed by atoms with Crippen LogP contribution in [0.2, 0.25) is 19.6 Å². The maximum Gasteiger partial charge on any atom is 0.339 e. The molecule has 0 unspecified atom stereocenters. The van der Waals surface area contributed by atoms with Crippen molar-refractivity contribution < 1.29 is 9.53 Å². The summed E-state index contributed by atoms with van der Waals surface area (Å²) in [4.78, 5) is 15.2. The number of ether oxygens (including phenoxy) is 1. The van der Waals surface area contributed by atoms with Gasteiger partial charge < -0.3 is 4.74 Å². The Kier molecular flexibility index (Phi) is 3.86. The summed E-state index contributed by atoms with van der Waals surface area (Å²) in [7, 11) is -0.0266. The van der Waals surface area contributed by atoms with Crippen LogP contribution in [0.4, 0.5) is 0 Å². The van der Waals surface area contributed by atoms with E-state index >= 15 is 0 Å². The summed E-state index contributed by atoms with van der Waals surface area (Å²) >= 11 is 0. The average molecular weight is 233 g/mol. The number of methoxy groups -OCH3 is 1. The molecule has 84 valence electrons. The zero-order valence-electron chi connectivity index (χ0n) is 10.00. The van der Waals surface area contributed by atoms with Crippen molar-refractivity contribution in [1.82, 2.24) is 4.98 Å². The molecular formula is C12H15NO2Si. The minimum atomic E-state index is -1.38. The van der Waals surface area contributed by atoms with Gasteiger partial charge in [-0.15, -0.1) is 5.54 Å². The smallest absolute Gasteiger partial charge is 0.339 e. The Labute approximate surface area is 96.9 Å². The van der Waals surface area contributed by atoms with Gasteiger partial charge in [0.2, 0.25) is 0 Å². The van der Waals surface area contributed by atoms with Gasteiger partial charge in [-0.2, -0.15) is 0 Å². The fourth-order valence-corrected chi connectivity index (χ4v) is 1.46. The predicted molar refractivity (Wildman–Crippen MR) is 65.8 cm³/mol. The number of hydrogen-bond acceptors (Lipinski definition) is 3. The maximum absolute atomic E-state index is 11.2. The first-order valence-corrected chi connectivity index (χ1v) is 8.50. The highest BCUT2D eigenvalue weighted by Gasteiger charge is 2.08. The maximum atomic E-state index is 11.2. The van der Waals surface area contributed by atoms with Crippen LogP contribution in [0.5, 0.6) is 0 Å². The summed E-state index contributed by atoms with van der Waals surface area (Å²) in [5.41, 5.74) is 4.35. The second-order valence-corrected chi connectivity index (χ2v) is 9.17. The van der Waals surface area contributed by atoms with Crippen LogP contribution in [-0.4, -0.2) is 26.1 Å². The number of hydrogen-bond donors (Lipinski definition) is 0. The molecule has 0 aliphatic heterocycles. The summed E-state index contributed by atoms with van der Waals surface area (Å²) in [6, 6.07) is 3.41. The number of pyridine rings is 1. The van der Waals surface area contributed by atoms with E-state index in [0.717, 1.165) is 0 Å². The van der Waals surface area contributed by atoms with E-state index in [2.05, 4.69) is 40.8 Å². The van der Waals surface area contributed by atoms with Crippen LogP contribution in [0.3, 0.4) is 0 Å². The number of nitrogens with zero attached hydrogens (tertiary/aromatic N) is 1. The molecule has 0 amide bonds. The quantitative estimate of drug-likeness (QED) is 0.423. The fourth-order valence-electron chi connectivity index (χ4n) is 0.958. The van der Waals surface area contributed by atoms with Crippen molar-refractivity contribution in [1.29, 1.82) is 0 Å². The molecule has 1 heterocycles. The molecule has 0 saturated heterocycles. The van der Waals surface area contributed by atoms with Crippen molar-refractivity contribution in [2.75, 3.05) is 7.11 Å². The van der Waals surface area contributed by atoms with E-state index in [1.807, 2.05) is 0 Å². The van der Waals surface area contributed by atoms with Gasteiger partial charge in [0.05, 0.1) is 12.7 Å². The third kappa shape index (κ3) is 3.87. The van der Waals surface area contributed by atoms with Crippen LogP contribution >= 0.6 is 0 Å². The van der Waals surface area contributed by atoms with Gasteiger partial charge in [-0.1, -0.05) is 25.6 Å². The van der Waals surface area contributed by atoms with E-state index in [1.165, 1.54) is 13.3 Å². The highest BCUT2D eigenvalue weighted by molar-refractivity contribution is 6.83. The van der Waals surface area contributed by atoms with Gasteiger partial charge in [-0.3, -0.25) is 0 Å². The Morgan fingerprint density at radius 3 is 2.50 bits per heavy atom. The van der Waals surface area contributed by atoms with Crippen LogP contribution < -0.4 is 0 Å². The lowest BCUT2D eigenvalue weighted by Gasteiger charge is -2.03. The minimum absolute atomic E-state index is 0.378. The molecule has 0 N–H and O–H groups in total. The summed E-state index contributed by atoms with van der Waals surface area (Å²) in [6.45, 7) is 6.51. The Bertz CT molecular complexity index is 435. The molecule has 0 bridgehead atoms. The second kappa shape index (κ2) is 4.95. The second-order valence-electron chi connectivity index (χ2n) is 4.42. The monoisotopic (exact) mass is 233 g/mol. The Hall–Kier alpha value is -1.60. The standard InChI is InChI=1S/C12H15NO2Si/c1-15-12(14)10-5-6-11(13-9-10)7-8-16(2,3)4/h5-6,9H,1-4H3. The lowest BCUT2D eigenvalue weighted by Crippen LogP contribution is -2.16. The normalized spacial score (nSPS) is 10.2. The van der Waals surface area contributed by atoms with Crippen LogP contribution in [-0.2, 0) is 4.74 Å². The molecule has 0 aliphatic carbocycles. The van der Waals surface area contributed by atoms with E-state index in [1.54, 1.807) is 12.1 Å². The number of carbonyl (C=O) groups is 1. The van der Waals surface area contributed by atoms with Gasteiger partial charge in [-0.05, 0) is 12.1 Å². The third-order valence-corrected chi connectivity index (χ3v) is 2.63. The van der Waals surface area contributed by atoms with Crippen molar-refractivity contribution in [2.45, 2.75) is 19.6 Å². The topological polar surface area (TPSA) is 39.2 Å². The molecule has 0 spiro atoms. The van der Waals surface area contributed by atoms with E-state index < -0.39 is 8.07 Å². The molecule has 0 radical (unpaired) electrons. The van der Waals surface area contributed by atoms with Crippen LogP contribution in [0.15, 0.2) is 18.3 Å². The van der Waals surface area contributed by atoms with Crippen LogP contribution in [0, 0.1) is 11.5 Å². The molecule has 3 nitrogen and oxygen atoms in total. The lowest BCUT2D eigenvalue weighted by atomic mass is 10.2. The molecule has 16 heavy (non-hydrogen) atoms. The SMILES string of the molecule is COC(=O)c1ccc(C#C[Si](C)(C)C)nc1. The highest BCUT2D eigenvalue weighted by atomic mass is 28.3. The molecule has 0 aliphatic rings. The van der Waals surface area contributed by atoms with Gasteiger partial charge in [0.15, 0.2) is 0 Å². The molecular weight excluding hydrogens is 218 g/mol. The molecule has 4 heteroatoms. The highest BCUT2D eigenvalue weighted by Crippen LogP contribution is 2.02. The zero-order chi connectivity index (χ0) is 12.2. The first-order valence-electron chi connectivity index (χ1n) is 5.00. The fraction of sp³-hybridized carbons (Fsp3) is 0.333. The Balaban J connectivity index is 2.87. The first kappa shape index (κ1) is 12.5. The molecule has 1 aromatic heterocycles. The predicted octanol–water partition coefficient (Wildman–Crippen LogP) is 2.10.